The topological polar surface area (TPSA) is 66.6 Å². The lowest BCUT2D eigenvalue weighted by atomic mass is 10.1. The number of benzene rings is 1. The van der Waals surface area contributed by atoms with Gasteiger partial charge in [0.1, 0.15) is 6.54 Å². The van der Waals surface area contributed by atoms with Crippen LogP contribution < -0.4 is 10.6 Å². The Morgan fingerprint density at radius 1 is 1.33 bits per heavy atom. The molecule has 2 amide bonds. The summed E-state index contributed by atoms with van der Waals surface area (Å²) < 4.78 is 0. The van der Waals surface area contributed by atoms with E-state index < -0.39 is 6.04 Å². The molecule has 0 saturated carbocycles. The molecule has 1 atom stereocenters. The van der Waals surface area contributed by atoms with Crippen molar-refractivity contribution in [1.82, 2.24) is 4.90 Å². The maximum absolute atomic E-state index is 12.3. The van der Waals surface area contributed by atoms with Crippen LogP contribution in [0.25, 0.3) is 0 Å². The van der Waals surface area contributed by atoms with Crippen molar-refractivity contribution >= 4 is 29.9 Å². The molecule has 21 heavy (non-hydrogen) atoms. The number of nitrogens with two attached hydrogens (primary N) is 1. The molecule has 6 heteroatoms. The highest BCUT2D eigenvalue weighted by Crippen LogP contribution is 2.14. The number of halogens is 1. The van der Waals surface area contributed by atoms with E-state index in [1.54, 1.807) is 16.8 Å². The Morgan fingerprint density at radius 3 is 2.67 bits per heavy atom. The molecule has 0 aromatic heterocycles. The van der Waals surface area contributed by atoms with Gasteiger partial charge in [0.2, 0.25) is 11.8 Å². The maximum Gasteiger partial charge on any atom is 0.246 e. The quantitative estimate of drug-likeness (QED) is 0.918. The molecule has 116 valence electrons. The number of carbonyl (C=O) groups excluding carboxylic acids is 2. The van der Waals surface area contributed by atoms with E-state index in [1.807, 2.05) is 30.3 Å². The van der Waals surface area contributed by atoms with Gasteiger partial charge in [-0.1, -0.05) is 18.2 Å². The van der Waals surface area contributed by atoms with Crippen LogP contribution in [-0.4, -0.2) is 42.9 Å². The fraction of sp³-hybridized carbons (Fsp3) is 0.467. The molecule has 0 radical (unpaired) electrons. The van der Waals surface area contributed by atoms with E-state index in [9.17, 15) is 9.59 Å². The molecule has 1 aromatic rings. The molecule has 0 unspecified atom stereocenters. The Kier molecular flexibility index (Phi) is 6.65. The lowest BCUT2D eigenvalue weighted by Gasteiger charge is -2.25. The third kappa shape index (κ3) is 4.44. The molecular weight excluding hydrogens is 290 g/mol. The van der Waals surface area contributed by atoms with Crippen molar-refractivity contribution in [2.24, 2.45) is 5.73 Å². The standard InChI is InChI=1S/C15H21N3O2.ClH/c1-17(12-7-3-2-4-8-12)14(19)11-18-10-6-5-9-13(16)15(18)20;/h2-4,7-8,13H,5-6,9-11,16H2,1H3;1H/t13-;/m0./s1. The highest BCUT2D eigenvalue weighted by atomic mass is 35.5. The van der Waals surface area contributed by atoms with Gasteiger partial charge in [-0.25, -0.2) is 0 Å². The van der Waals surface area contributed by atoms with Crippen molar-refractivity contribution in [2.45, 2.75) is 25.3 Å². The predicted molar refractivity (Wildman–Crippen MR) is 85.5 cm³/mol. The minimum atomic E-state index is -0.465. The second kappa shape index (κ2) is 8.00. The highest BCUT2D eigenvalue weighted by Gasteiger charge is 2.26. The van der Waals surface area contributed by atoms with Gasteiger partial charge in [-0.2, -0.15) is 0 Å². The number of hydrogen-bond donors (Lipinski definition) is 1. The predicted octanol–water partition coefficient (Wildman–Crippen LogP) is 1.41. The first-order valence-corrected chi connectivity index (χ1v) is 6.95. The molecule has 1 aromatic carbocycles. The van der Waals surface area contributed by atoms with Crippen molar-refractivity contribution < 1.29 is 9.59 Å². The number of anilines is 1. The molecule has 2 N–H and O–H groups in total. The van der Waals surface area contributed by atoms with Crippen LogP contribution in [0.15, 0.2) is 30.3 Å². The molecule has 0 spiro atoms. The minimum Gasteiger partial charge on any atom is -0.332 e. The number of amides is 2. The fourth-order valence-corrected chi connectivity index (χ4v) is 2.36. The monoisotopic (exact) mass is 311 g/mol. The summed E-state index contributed by atoms with van der Waals surface area (Å²) in [4.78, 5) is 27.5. The van der Waals surface area contributed by atoms with Gasteiger partial charge >= 0.3 is 0 Å². The number of nitrogens with zero attached hydrogens (tertiary/aromatic N) is 2. The second-order valence-corrected chi connectivity index (χ2v) is 5.15. The normalized spacial score (nSPS) is 18.7. The average molecular weight is 312 g/mol. The fourth-order valence-electron chi connectivity index (χ4n) is 2.36. The van der Waals surface area contributed by atoms with Crippen molar-refractivity contribution in [1.29, 1.82) is 0 Å². The summed E-state index contributed by atoms with van der Waals surface area (Å²) in [7, 11) is 1.72. The smallest absolute Gasteiger partial charge is 0.246 e. The summed E-state index contributed by atoms with van der Waals surface area (Å²) in [6, 6.07) is 8.94. The summed E-state index contributed by atoms with van der Waals surface area (Å²) in [5, 5.41) is 0. The van der Waals surface area contributed by atoms with Gasteiger partial charge in [-0.15, -0.1) is 12.4 Å². The summed E-state index contributed by atoms with van der Waals surface area (Å²) in [5.74, 6) is -0.212. The van der Waals surface area contributed by atoms with Crippen LogP contribution in [0.2, 0.25) is 0 Å². The van der Waals surface area contributed by atoms with Crippen molar-refractivity contribution in [3.05, 3.63) is 30.3 Å². The zero-order chi connectivity index (χ0) is 14.5. The zero-order valence-corrected chi connectivity index (χ0v) is 13.0. The third-order valence-electron chi connectivity index (χ3n) is 3.67. The number of para-hydroxylation sites is 1. The Bertz CT molecular complexity index is 481. The molecule has 2 rings (SSSR count). The number of hydrogen-bond acceptors (Lipinski definition) is 3. The zero-order valence-electron chi connectivity index (χ0n) is 12.2. The second-order valence-electron chi connectivity index (χ2n) is 5.15. The van der Waals surface area contributed by atoms with Crippen LogP contribution >= 0.6 is 12.4 Å². The Morgan fingerprint density at radius 2 is 2.00 bits per heavy atom. The van der Waals surface area contributed by atoms with E-state index in [4.69, 9.17) is 5.73 Å². The van der Waals surface area contributed by atoms with Crippen molar-refractivity contribution in [2.75, 3.05) is 25.0 Å². The van der Waals surface area contributed by atoms with Crippen LogP contribution in [0.4, 0.5) is 5.69 Å². The molecule has 0 aliphatic carbocycles. The van der Waals surface area contributed by atoms with Crippen molar-refractivity contribution in [3.63, 3.8) is 0 Å². The average Bonchev–Trinajstić information content (AvgIpc) is 2.63. The van der Waals surface area contributed by atoms with Gasteiger partial charge in [-0.3, -0.25) is 9.59 Å². The molecule has 1 fully saturated rings. The first kappa shape index (κ1) is 17.5. The van der Waals surface area contributed by atoms with Crippen LogP contribution in [-0.2, 0) is 9.59 Å². The molecule has 1 saturated heterocycles. The van der Waals surface area contributed by atoms with E-state index in [2.05, 4.69) is 0 Å². The van der Waals surface area contributed by atoms with Crippen LogP contribution in [0, 0.1) is 0 Å². The van der Waals surface area contributed by atoms with Gasteiger partial charge in [0.05, 0.1) is 6.04 Å². The number of likely N-dealkylation sites (tertiary alicyclic amines) is 1. The van der Waals surface area contributed by atoms with Gasteiger partial charge in [0.25, 0.3) is 0 Å². The third-order valence-corrected chi connectivity index (χ3v) is 3.67. The van der Waals surface area contributed by atoms with E-state index in [1.165, 1.54) is 0 Å². The largest absolute Gasteiger partial charge is 0.332 e. The lowest BCUT2D eigenvalue weighted by molar-refractivity contribution is -0.135. The van der Waals surface area contributed by atoms with Crippen LogP contribution in [0.5, 0.6) is 0 Å². The number of rotatable bonds is 3. The Balaban J connectivity index is 0.00000220. The first-order chi connectivity index (χ1) is 9.59. The number of likely N-dealkylation sites (N-methyl/N-ethyl adjacent to an activating group) is 1. The van der Waals surface area contributed by atoms with Gasteiger partial charge in [0.15, 0.2) is 0 Å². The summed E-state index contributed by atoms with van der Waals surface area (Å²) in [6.45, 7) is 0.707. The van der Waals surface area contributed by atoms with Gasteiger partial charge in [-0.05, 0) is 31.4 Å². The van der Waals surface area contributed by atoms with Crippen LogP contribution in [0.1, 0.15) is 19.3 Å². The van der Waals surface area contributed by atoms with Gasteiger partial charge in [0, 0.05) is 19.3 Å². The molecular formula is C15H22ClN3O2. The number of carbonyl (C=O) groups is 2. The molecule has 1 heterocycles. The van der Waals surface area contributed by atoms with Crippen LogP contribution in [0.3, 0.4) is 0 Å². The first-order valence-electron chi connectivity index (χ1n) is 6.95. The molecule has 1 aliphatic heterocycles. The molecule has 1 aliphatic rings. The minimum absolute atomic E-state index is 0. The lowest BCUT2D eigenvalue weighted by Crippen LogP contribution is -2.47. The highest BCUT2D eigenvalue weighted by molar-refractivity contribution is 5.96. The summed E-state index contributed by atoms with van der Waals surface area (Å²) >= 11 is 0. The SMILES string of the molecule is CN(C(=O)CN1CCCC[C@H](N)C1=O)c1ccccc1.Cl. The Labute approximate surface area is 131 Å². The van der Waals surface area contributed by atoms with E-state index in [0.717, 1.165) is 18.5 Å². The van der Waals surface area contributed by atoms with E-state index in [0.29, 0.717) is 13.0 Å². The van der Waals surface area contributed by atoms with E-state index in [-0.39, 0.29) is 30.8 Å². The van der Waals surface area contributed by atoms with E-state index >= 15 is 0 Å². The Hall–Kier alpha value is -1.59. The molecule has 5 nitrogen and oxygen atoms in total. The molecule has 0 bridgehead atoms. The van der Waals surface area contributed by atoms with Gasteiger partial charge < -0.3 is 15.5 Å². The summed E-state index contributed by atoms with van der Waals surface area (Å²) in [6.07, 6.45) is 2.55. The van der Waals surface area contributed by atoms with Crippen molar-refractivity contribution in [3.8, 4) is 0 Å². The summed E-state index contributed by atoms with van der Waals surface area (Å²) in [5.41, 5.74) is 6.64. The maximum atomic E-state index is 12.3.